The Balaban J connectivity index is 1.63. The summed E-state index contributed by atoms with van der Waals surface area (Å²) in [5, 5.41) is 8.02. The first kappa shape index (κ1) is 35.3. The van der Waals surface area contributed by atoms with Crippen molar-refractivity contribution < 1.29 is 9.59 Å². The van der Waals surface area contributed by atoms with Gasteiger partial charge in [-0.1, -0.05) is 67.6 Å². The molecule has 0 fully saturated rings. The zero-order valence-electron chi connectivity index (χ0n) is 25.9. The van der Waals surface area contributed by atoms with E-state index in [-0.39, 0.29) is 17.8 Å². The number of amides is 2. The highest BCUT2D eigenvalue weighted by Gasteiger charge is 2.25. The second-order valence-corrected chi connectivity index (χ2v) is 11.0. The number of aryl methyl sites for hydroxylation is 1. The van der Waals surface area contributed by atoms with Crippen LogP contribution in [0.1, 0.15) is 38.2 Å². The van der Waals surface area contributed by atoms with E-state index in [4.69, 9.17) is 29.0 Å². The SMILES string of the molecule is CCC(N)=NCCN(CCCC(NCl)C(=O)NC(CCc1ccccc1)C(=O)Nc1ccc2ccccc2c1)CCN=C(N)N. The number of amidine groups is 1. The van der Waals surface area contributed by atoms with Crippen molar-refractivity contribution in [1.82, 2.24) is 15.1 Å². The van der Waals surface area contributed by atoms with Gasteiger partial charge in [-0.15, -0.1) is 0 Å². The molecule has 0 aromatic heterocycles. The van der Waals surface area contributed by atoms with Crippen molar-refractivity contribution in [2.24, 2.45) is 27.2 Å². The van der Waals surface area contributed by atoms with Crippen molar-refractivity contribution in [3.63, 3.8) is 0 Å². The number of carbonyl (C=O) groups is 2. The summed E-state index contributed by atoms with van der Waals surface area (Å²) in [6.07, 6.45) is 2.84. The molecular weight excluding hydrogens is 590 g/mol. The zero-order chi connectivity index (χ0) is 32.4. The molecule has 0 spiro atoms. The third-order valence-electron chi connectivity index (χ3n) is 7.43. The minimum Gasteiger partial charge on any atom is -0.387 e. The number of rotatable bonds is 19. The van der Waals surface area contributed by atoms with Crippen LogP contribution in [0.4, 0.5) is 5.69 Å². The third-order valence-corrected chi connectivity index (χ3v) is 7.70. The maximum Gasteiger partial charge on any atom is 0.246 e. The second-order valence-electron chi connectivity index (χ2n) is 10.8. The molecule has 0 bridgehead atoms. The van der Waals surface area contributed by atoms with E-state index in [1.54, 1.807) is 0 Å². The van der Waals surface area contributed by atoms with Crippen molar-refractivity contribution in [2.75, 3.05) is 38.0 Å². The largest absolute Gasteiger partial charge is 0.387 e. The van der Waals surface area contributed by atoms with Crippen LogP contribution < -0.4 is 32.7 Å². The number of guanidine groups is 1. The number of nitrogens with zero attached hydrogens (tertiary/aromatic N) is 3. The molecule has 11 nitrogen and oxygen atoms in total. The number of halogens is 1. The fraction of sp³-hybridized carbons (Fsp3) is 0.394. The average molecular weight is 636 g/mol. The fourth-order valence-corrected chi connectivity index (χ4v) is 5.06. The van der Waals surface area contributed by atoms with Crippen LogP contribution >= 0.6 is 11.8 Å². The van der Waals surface area contributed by atoms with E-state index in [1.807, 2.05) is 79.7 Å². The van der Waals surface area contributed by atoms with Gasteiger partial charge in [-0.25, -0.2) is 4.84 Å². The molecular formula is C33H46ClN9O2. The number of hydrogen-bond donors (Lipinski definition) is 6. The number of nitrogens with two attached hydrogens (primary N) is 3. The van der Waals surface area contributed by atoms with E-state index in [2.05, 4.69) is 30.4 Å². The van der Waals surface area contributed by atoms with Crippen molar-refractivity contribution in [2.45, 2.75) is 51.1 Å². The number of benzene rings is 3. The minimum atomic E-state index is -0.769. The lowest BCUT2D eigenvalue weighted by molar-refractivity contribution is -0.127. The molecule has 0 radical (unpaired) electrons. The van der Waals surface area contributed by atoms with Crippen molar-refractivity contribution >= 4 is 51.8 Å². The summed E-state index contributed by atoms with van der Waals surface area (Å²) in [5.74, 6) is 0.0104. The monoisotopic (exact) mass is 635 g/mol. The lowest BCUT2D eigenvalue weighted by Gasteiger charge is -2.24. The van der Waals surface area contributed by atoms with Gasteiger partial charge in [0.25, 0.3) is 0 Å². The highest BCUT2D eigenvalue weighted by molar-refractivity contribution is 6.15. The summed E-state index contributed by atoms with van der Waals surface area (Å²) < 4.78 is 0. The van der Waals surface area contributed by atoms with Gasteiger partial charge in [-0.3, -0.25) is 24.5 Å². The molecule has 242 valence electrons. The van der Waals surface area contributed by atoms with Crippen molar-refractivity contribution in [3.05, 3.63) is 78.4 Å². The Bertz CT molecular complexity index is 1410. The molecule has 2 unspecified atom stereocenters. The van der Waals surface area contributed by atoms with Gasteiger partial charge in [0.1, 0.15) is 12.1 Å². The summed E-state index contributed by atoms with van der Waals surface area (Å²) in [6, 6.07) is 22.1. The van der Waals surface area contributed by atoms with E-state index in [0.717, 1.165) is 16.3 Å². The summed E-state index contributed by atoms with van der Waals surface area (Å²) in [5.41, 5.74) is 18.6. The minimum absolute atomic E-state index is 0.0396. The van der Waals surface area contributed by atoms with Crippen LogP contribution in [0, 0.1) is 0 Å². The van der Waals surface area contributed by atoms with Gasteiger partial charge in [0.2, 0.25) is 11.8 Å². The summed E-state index contributed by atoms with van der Waals surface area (Å²) in [4.78, 5) is 40.1. The summed E-state index contributed by atoms with van der Waals surface area (Å²) in [7, 11) is 0. The van der Waals surface area contributed by atoms with Gasteiger partial charge < -0.3 is 27.8 Å². The van der Waals surface area contributed by atoms with Crippen LogP contribution in [0.25, 0.3) is 10.8 Å². The maximum atomic E-state index is 13.5. The van der Waals surface area contributed by atoms with Gasteiger partial charge in [-0.2, -0.15) is 0 Å². The van der Waals surface area contributed by atoms with Gasteiger partial charge >= 0.3 is 0 Å². The predicted molar refractivity (Wildman–Crippen MR) is 185 cm³/mol. The normalized spacial score (nSPS) is 12.9. The highest BCUT2D eigenvalue weighted by atomic mass is 35.5. The van der Waals surface area contributed by atoms with Crippen LogP contribution in [0.3, 0.4) is 0 Å². The maximum absolute atomic E-state index is 13.5. The first-order chi connectivity index (χ1) is 21.8. The molecule has 0 aliphatic heterocycles. The number of anilines is 1. The van der Waals surface area contributed by atoms with E-state index < -0.39 is 12.1 Å². The lowest BCUT2D eigenvalue weighted by atomic mass is 10.0. The topological polar surface area (TPSA) is 176 Å². The van der Waals surface area contributed by atoms with Crippen LogP contribution in [0.15, 0.2) is 82.8 Å². The Hall–Kier alpha value is -4.19. The van der Waals surface area contributed by atoms with Gasteiger partial charge in [0.15, 0.2) is 5.96 Å². The van der Waals surface area contributed by atoms with Crippen LogP contribution in [0.2, 0.25) is 0 Å². The highest BCUT2D eigenvalue weighted by Crippen LogP contribution is 2.19. The third kappa shape index (κ3) is 12.8. The quantitative estimate of drug-likeness (QED) is 0.0666. The number of hydrogen-bond acceptors (Lipinski definition) is 6. The number of aliphatic imine (C=N–C) groups is 2. The Labute approximate surface area is 270 Å². The molecule has 0 aliphatic rings. The molecule has 2 amide bonds. The first-order valence-corrected chi connectivity index (χ1v) is 15.7. The molecule has 0 saturated carbocycles. The number of nitrogens with one attached hydrogen (secondary N) is 3. The Morgan fingerprint density at radius 3 is 2.20 bits per heavy atom. The van der Waals surface area contributed by atoms with Gasteiger partial charge in [0, 0.05) is 25.2 Å². The molecule has 3 aromatic carbocycles. The zero-order valence-corrected chi connectivity index (χ0v) is 26.7. The van der Waals surface area contributed by atoms with Crippen molar-refractivity contribution in [3.8, 4) is 0 Å². The van der Waals surface area contributed by atoms with Crippen molar-refractivity contribution in [1.29, 1.82) is 0 Å². The smallest absolute Gasteiger partial charge is 0.246 e. The van der Waals surface area contributed by atoms with E-state index in [0.29, 0.717) is 76.4 Å². The Morgan fingerprint density at radius 1 is 0.822 bits per heavy atom. The lowest BCUT2D eigenvalue weighted by Crippen LogP contribution is -2.50. The van der Waals surface area contributed by atoms with E-state index in [1.165, 1.54) is 0 Å². The molecule has 3 aromatic rings. The van der Waals surface area contributed by atoms with E-state index in [9.17, 15) is 9.59 Å². The molecule has 3 rings (SSSR count). The Morgan fingerprint density at radius 2 is 1.51 bits per heavy atom. The van der Waals surface area contributed by atoms with Gasteiger partial charge in [0.05, 0.1) is 18.9 Å². The molecule has 9 N–H and O–H groups in total. The van der Waals surface area contributed by atoms with E-state index >= 15 is 0 Å². The molecule has 12 heteroatoms. The van der Waals surface area contributed by atoms with Crippen LogP contribution in [-0.4, -0.2) is 73.3 Å². The van der Waals surface area contributed by atoms with Gasteiger partial charge in [-0.05, 0) is 72.5 Å². The summed E-state index contributed by atoms with van der Waals surface area (Å²) >= 11 is 6.05. The standard InChI is InChI=1S/C33H46ClN9O2/c1-2-30(35)38-18-21-43(22-19-39-33(36)37)20-8-13-29(42-34)32(45)41-28(17-14-24-9-4-3-5-10-24)31(44)40-27-16-15-25-11-6-7-12-26(25)23-27/h3-7,9-12,15-16,23,28-29,42H,2,8,13-14,17-22H2,1H3,(H2,35,38)(H,40,44)(H,41,45)(H4,36,37,39). The summed E-state index contributed by atoms with van der Waals surface area (Å²) in [6.45, 7) is 4.92. The predicted octanol–water partition coefficient (Wildman–Crippen LogP) is 3.13. The van der Waals surface area contributed by atoms with Crippen LogP contribution in [-0.2, 0) is 16.0 Å². The molecule has 2 atom stereocenters. The average Bonchev–Trinajstić information content (AvgIpc) is 3.04. The molecule has 0 heterocycles. The molecule has 45 heavy (non-hydrogen) atoms. The fourth-order valence-electron chi connectivity index (χ4n) is 4.85. The first-order valence-electron chi connectivity index (χ1n) is 15.4. The second kappa shape index (κ2) is 19.3. The number of fused-ring (bicyclic) bond motifs is 1. The van der Waals surface area contributed by atoms with Crippen LogP contribution in [0.5, 0.6) is 0 Å². The molecule has 0 aliphatic carbocycles. The molecule has 0 saturated heterocycles. The number of carbonyl (C=O) groups excluding carboxylic acids is 2. The Kier molecular flexibility index (Phi) is 15.1.